The molecule has 1 aromatic carbocycles. The van der Waals surface area contributed by atoms with Gasteiger partial charge in [0.25, 0.3) is 0 Å². The van der Waals surface area contributed by atoms with Crippen LogP contribution in [0, 0.1) is 13.8 Å². The smallest absolute Gasteiger partial charge is 0.191 e. The minimum Gasteiger partial charge on any atom is -0.490 e. The molecule has 0 atom stereocenters. The minimum absolute atomic E-state index is 0.672. The second-order valence-corrected chi connectivity index (χ2v) is 7.47. The molecule has 2 N–H and O–H groups in total. The average Bonchev–Trinajstić information content (AvgIpc) is 2.84. The zero-order valence-electron chi connectivity index (χ0n) is 15.6. The first-order valence-electron chi connectivity index (χ1n) is 8.91. The summed E-state index contributed by atoms with van der Waals surface area (Å²) in [6.07, 6.45) is 1.81. The maximum absolute atomic E-state index is 5.74. The van der Waals surface area contributed by atoms with Crippen molar-refractivity contribution in [2.75, 3.05) is 26.8 Å². The molecular weight excluding hydrogens is 348 g/mol. The highest BCUT2D eigenvalue weighted by Gasteiger charge is 2.11. The van der Waals surface area contributed by atoms with Crippen LogP contribution in [-0.4, -0.2) is 37.7 Å². The van der Waals surface area contributed by atoms with Crippen LogP contribution < -0.4 is 20.1 Å². The molecule has 7 heteroatoms. The van der Waals surface area contributed by atoms with Crippen molar-refractivity contribution < 1.29 is 9.47 Å². The summed E-state index contributed by atoms with van der Waals surface area (Å²) in [5.41, 5.74) is 2.25. The van der Waals surface area contributed by atoms with Crippen molar-refractivity contribution in [1.82, 2.24) is 15.6 Å². The van der Waals surface area contributed by atoms with Crippen LogP contribution >= 0.6 is 11.3 Å². The zero-order valence-corrected chi connectivity index (χ0v) is 16.4. The van der Waals surface area contributed by atoms with Gasteiger partial charge in [0.1, 0.15) is 0 Å². The van der Waals surface area contributed by atoms with Crippen LogP contribution in [0.25, 0.3) is 0 Å². The number of rotatable bonds is 5. The van der Waals surface area contributed by atoms with Crippen molar-refractivity contribution >= 4 is 17.3 Å². The molecule has 0 bridgehead atoms. The summed E-state index contributed by atoms with van der Waals surface area (Å²) in [5, 5.41) is 7.83. The van der Waals surface area contributed by atoms with Crippen LogP contribution in [0.5, 0.6) is 11.5 Å². The average molecular weight is 375 g/mol. The third kappa shape index (κ3) is 4.88. The zero-order chi connectivity index (χ0) is 18.4. The lowest BCUT2D eigenvalue weighted by molar-refractivity contribution is 0.297. The molecule has 2 heterocycles. The number of nitrogens with one attached hydrogen (secondary N) is 2. The van der Waals surface area contributed by atoms with Gasteiger partial charge in [-0.05, 0) is 31.5 Å². The first kappa shape index (κ1) is 18.5. The fraction of sp³-hybridized carbons (Fsp3) is 0.474. The Kier molecular flexibility index (Phi) is 6.33. The number of benzene rings is 1. The van der Waals surface area contributed by atoms with Crippen molar-refractivity contribution in [2.45, 2.75) is 33.2 Å². The Morgan fingerprint density at radius 3 is 2.73 bits per heavy atom. The highest BCUT2D eigenvalue weighted by molar-refractivity contribution is 7.11. The highest BCUT2D eigenvalue weighted by atomic mass is 32.1. The monoisotopic (exact) mass is 374 g/mol. The SMILES string of the molecule is CN=C(NCCc1nc(C)c(C)s1)NCc1ccc2c(c1)OCCCO2. The quantitative estimate of drug-likeness (QED) is 0.622. The number of hydrogen-bond acceptors (Lipinski definition) is 5. The van der Waals surface area contributed by atoms with E-state index in [1.807, 2.05) is 12.1 Å². The molecule has 0 spiro atoms. The Morgan fingerprint density at radius 2 is 2.00 bits per heavy atom. The first-order valence-corrected chi connectivity index (χ1v) is 9.73. The lowest BCUT2D eigenvalue weighted by Gasteiger charge is -2.13. The molecule has 26 heavy (non-hydrogen) atoms. The third-order valence-corrected chi connectivity index (χ3v) is 5.33. The van der Waals surface area contributed by atoms with Gasteiger partial charge in [-0.25, -0.2) is 4.98 Å². The first-order chi connectivity index (χ1) is 12.7. The number of fused-ring (bicyclic) bond motifs is 1. The molecule has 0 saturated carbocycles. The van der Waals surface area contributed by atoms with E-state index in [4.69, 9.17) is 9.47 Å². The Morgan fingerprint density at radius 1 is 1.19 bits per heavy atom. The van der Waals surface area contributed by atoms with Crippen molar-refractivity contribution in [2.24, 2.45) is 4.99 Å². The number of ether oxygens (including phenoxy) is 2. The number of aryl methyl sites for hydroxylation is 2. The van der Waals surface area contributed by atoms with Crippen LogP contribution in [0.3, 0.4) is 0 Å². The summed E-state index contributed by atoms with van der Waals surface area (Å²) in [4.78, 5) is 10.1. The van der Waals surface area contributed by atoms with E-state index in [1.54, 1.807) is 18.4 Å². The molecular formula is C19H26N4O2S. The molecule has 0 unspecified atom stereocenters. The largest absolute Gasteiger partial charge is 0.490 e. The van der Waals surface area contributed by atoms with Gasteiger partial charge in [0, 0.05) is 37.9 Å². The summed E-state index contributed by atoms with van der Waals surface area (Å²) >= 11 is 1.76. The summed E-state index contributed by atoms with van der Waals surface area (Å²) in [6.45, 7) is 7.04. The van der Waals surface area contributed by atoms with Gasteiger partial charge >= 0.3 is 0 Å². The van der Waals surface area contributed by atoms with Gasteiger partial charge in [0.05, 0.1) is 23.9 Å². The van der Waals surface area contributed by atoms with Crippen molar-refractivity contribution in [3.63, 3.8) is 0 Å². The van der Waals surface area contributed by atoms with Gasteiger partial charge in [-0.1, -0.05) is 6.07 Å². The normalized spacial score (nSPS) is 14.0. The molecule has 1 aliphatic heterocycles. The van der Waals surface area contributed by atoms with Gasteiger partial charge in [-0.15, -0.1) is 11.3 Å². The van der Waals surface area contributed by atoms with E-state index in [-0.39, 0.29) is 0 Å². The van der Waals surface area contributed by atoms with E-state index < -0.39 is 0 Å². The van der Waals surface area contributed by atoms with Crippen LogP contribution in [0.1, 0.15) is 27.6 Å². The van der Waals surface area contributed by atoms with E-state index in [0.29, 0.717) is 19.8 Å². The molecule has 3 rings (SSSR count). The molecule has 1 aliphatic rings. The number of aromatic nitrogens is 1. The second kappa shape index (κ2) is 8.89. The van der Waals surface area contributed by atoms with Crippen LogP contribution in [0.2, 0.25) is 0 Å². The molecule has 1 aromatic heterocycles. The lowest BCUT2D eigenvalue weighted by atomic mass is 10.2. The predicted octanol–water partition coefficient (Wildman–Crippen LogP) is 2.83. The van der Waals surface area contributed by atoms with Crippen LogP contribution in [0.4, 0.5) is 0 Å². The third-order valence-electron chi connectivity index (χ3n) is 4.20. The summed E-state index contributed by atoms with van der Waals surface area (Å²) in [5.74, 6) is 2.42. The topological polar surface area (TPSA) is 67.8 Å². The van der Waals surface area contributed by atoms with Crippen molar-refractivity contribution in [3.05, 3.63) is 39.3 Å². The Hall–Kier alpha value is -2.28. The molecule has 6 nitrogen and oxygen atoms in total. The molecule has 0 fully saturated rings. The van der Waals surface area contributed by atoms with Crippen molar-refractivity contribution in [3.8, 4) is 11.5 Å². The fourth-order valence-corrected chi connectivity index (χ4v) is 3.59. The van der Waals surface area contributed by atoms with Gasteiger partial charge in [0.2, 0.25) is 0 Å². The molecule has 0 saturated heterocycles. The molecule has 0 amide bonds. The Bertz CT molecular complexity index is 753. The maximum Gasteiger partial charge on any atom is 0.191 e. The Labute approximate surface area is 158 Å². The number of aliphatic imine (C=N–C) groups is 1. The Balaban J connectivity index is 1.48. The van der Waals surface area contributed by atoms with E-state index >= 15 is 0 Å². The van der Waals surface area contributed by atoms with Gasteiger partial charge in [-0.3, -0.25) is 4.99 Å². The van der Waals surface area contributed by atoms with Crippen molar-refractivity contribution in [1.29, 1.82) is 0 Å². The van der Waals surface area contributed by atoms with Gasteiger partial charge in [0.15, 0.2) is 17.5 Å². The highest BCUT2D eigenvalue weighted by Crippen LogP contribution is 2.30. The number of nitrogens with zero attached hydrogens (tertiary/aromatic N) is 2. The van der Waals surface area contributed by atoms with Crippen LogP contribution in [-0.2, 0) is 13.0 Å². The lowest BCUT2D eigenvalue weighted by Crippen LogP contribution is -2.37. The summed E-state index contributed by atoms with van der Waals surface area (Å²) in [7, 11) is 1.78. The van der Waals surface area contributed by atoms with Crippen LogP contribution in [0.15, 0.2) is 23.2 Å². The van der Waals surface area contributed by atoms with E-state index in [1.165, 1.54) is 4.88 Å². The standard InChI is InChI=1S/C19H26N4O2S/c1-13-14(2)26-18(23-13)7-8-21-19(20-3)22-12-15-5-6-16-17(11-15)25-10-4-9-24-16/h5-6,11H,4,7-10,12H2,1-3H3,(H2,20,21,22). The molecule has 0 radical (unpaired) electrons. The predicted molar refractivity (Wildman–Crippen MR) is 106 cm³/mol. The molecule has 140 valence electrons. The molecule has 2 aromatic rings. The summed E-state index contributed by atoms with van der Waals surface area (Å²) < 4.78 is 11.4. The number of guanidine groups is 1. The summed E-state index contributed by atoms with van der Waals surface area (Å²) in [6, 6.07) is 6.05. The fourth-order valence-electron chi connectivity index (χ4n) is 2.66. The maximum atomic E-state index is 5.74. The molecule has 0 aliphatic carbocycles. The second-order valence-electron chi connectivity index (χ2n) is 6.18. The number of thiazole rings is 1. The number of hydrogen-bond donors (Lipinski definition) is 2. The van der Waals surface area contributed by atoms with Gasteiger partial charge in [-0.2, -0.15) is 0 Å². The van der Waals surface area contributed by atoms with Gasteiger partial charge < -0.3 is 20.1 Å². The van der Waals surface area contributed by atoms with E-state index in [9.17, 15) is 0 Å². The minimum atomic E-state index is 0.672. The van der Waals surface area contributed by atoms with E-state index in [2.05, 4.69) is 40.5 Å². The van der Waals surface area contributed by atoms with E-state index in [0.717, 1.165) is 53.1 Å².